The molecule has 0 spiro atoms. The Morgan fingerprint density at radius 2 is 2.29 bits per heavy atom. The minimum absolute atomic E-state index is 0.0396. The molecular weight excluding hydrogens is 242 g/mol. The van der Waals surface area contributed by atoms with Gasteiger partial charge in [0.25, 0.3) is 5.56 Å². The van der Waals surface area contributed by atoms with Gasteiger partial charge in [0.05, 0.1) is 5.39 Å². The highest BCUT2D eigenvalue weighted by molar-refractivity contribution is 6.28. The molecule has 17 heavy (non-hydrogen) atoms. The molecule has 0 saturated heterocycles. The molecule has 2 rings (SSSR count). The van der Waals surface area contributed by atoms with Crippen LogP contribution in [0.5, 0.6) is 5.75 Å². The minimum atomic E-state index is -0.244. The molecule has 0 aliphatic carbocycles. The predicted octanol–water partition coefficient (Wildman–Crippen LogP) is 0.975. The van der Waals surface area contributed by atoms with E-state index >= 15 is 0 Å². The minimum Gasteiger partial charge on any atom is -0.506 e. The summed E-state index contributed by atoms with van der Waals surface area (Å²) in [4.78, 5) is 16.1. The smallest absolute Gasteiger partial charge is 0.262 e. The first-order valence-electron chi connectivity index (χ1n) is 5.17. The third-order valence-corrected chi connectivity index (χ3v) is 2.79. The Bertz CT molecular complexity index is 609. The van der Waals surface area contributed by atoms with E-state index in [1.54, 1.807) is 19.2 Å². The van der Waals surface area contributed by atoms with E-state index in [1.807, 2.05) is 0 Å². The van der Waals surface area contributed by atoms with Crippen LogP contribution in [0.1, 0.15) is 0 Å². The summed E-state index contributed by atoms with van der Waals surface area (Å²) >= 11 is 5.93. The Hall–Kier alpha value is -1.59. The second-order valence-electron chi connectivity index (χ2n) is 3.61. The largest absolute Gasteiger partial charge is 0.506 e. The molecule has 1 aromatic carbocycles. The number of phenolic OH excluding ortho intramolecular Hbond substituents is 1. The van der Waals surface area contributed by atoms with Crippen molar-refractivity contribution in [3.8, 4) is 5.75 Å². The Labute approximate surface area is 103 Å². The first-order valence-corrected chi connectivity index (χ1v) is 5.55. The number of phenols is 1. The van der Waals surface area contributed by atoms with Crippen LogP contribution in [-0.2, 0) is 6.54 Å². The van der Waals surface area contributed by atoms with E-state index in [0.717, 1.165) is 0 Å². The lowest BCUT2D eigenvalue weighted by molar-refractivity contribution is 0.480. The fraction of sp³-hybridized carbons (Fsp3) is 0.273. The number of fused-ring (bicyclic) bond motifs is 1. The Kier molecular flexibility index (Phi) is 3.31. The van der Waals surface area contributed by atoms with Crippen molar-refractivity contribution in [1.29, 1.82) is 0 Å². The molecule has 6 heteroatoms. The SMILES string of the molecule is CNCCn1c(Cl)nc2c(O)cccc2c1=O. The zero-order valence-electron chi connectivity index (χ0n) is 9.27. The van der Waals surface area contributed by atoms with Crippen molar-refractivity contribution < 1.29 is 5.11 Å². The molecule has 1 heterocycles. The van der Waals surface area contributed by atoms with Crippen LogP contribution in [0.2, 0.25) is 5.28 Å². The Morgan fingerprint density at radius 1 is 1.53 bits per heavy atom. The second-order valence-corrected chi connectivity index (χ2v) is 3.95. The average molecular weight is 254 g/mol. The van der Waals surface area contributed by atoms with Gasteiger partial charge in [-0.25, -0.2) is 4.98 Å². The van der Waals surface area contributed by atoms with Crippen molar-refractivity contribution >= 4 is 22.5 Å². The van der Waals surface area contributed by atoms with Crippen molar-refractivity contribution in [1.82, 2.24) is 14.9 Å². The van der Waals surface area contributed by atoms with Gasteiger partial charge in [-0.15, -0.1) is 0 Å². The number of nitrogens with one attached hydrogen (secondary N) is 1. The van der Waals surface area contributed by atoms with Crippen LogP contribution in [0, 0.1) is 0 Å². The van der Waals surface area contributed by atoms with E-state index in [9.17, 15) is 9.90 Å². The van der Waals surface area contributed by atoms with Gasteiger partial charge in [0.2, 0.25) is 5.28 Å². The molecule has 0 fully saturated rings. The van der Waals surface area contributed by atoms with Gasteiger partial charge in [0, 0.05) is 13.1 Å². The maximum Gasteiger partial charge on any atom is 0.262 e. The summed E-state index contributed by atoms with van der Waals surface area (Å²) in [5.41, 5.74) is -0.00522. The van der Waals surface area contributed by atoms with Gasteiger partial charge in [-0.05, 0) is 30.8 Å². The molecule has 0 aliphatic rings. The molecule has 90 valence electrons. The van der Waals surface area contributed by atoms with Gasteiger partial charge in [0.1, 0.15) is 11.3 Å². The zero-order chi connectivity index (χ0) is 12.4. The summed E-state index contributed by atoms with van der Waals surface area (Å²) in [7, 11) is 1.79. The normalized spacial score (nSPS) is 10.9. The second kappa shape index (κ2) is 4.73. The molecule has 0 atom stereocenters. The highest BCUT2D eigenvalue weighted by Crippen LogP contribution is 2.21. The first-order chi connectivity index (χ1) is 8.15. The highest BCUT2D eigenvalue weighted by atomic mass is 35.5. The van der Waals surface area contributed by atoms with Crippen molar-refractivity contribution in [2.24, 2.45) is 0 Å². The molecule has 0 radical (unpaired) electrons. The number of para-hydroxylation sites is 1. The number of hydrogen-bond donors (Lipinski definition) is 2. The molecule has 0 unspecified atom stereocenters. The highest BCUT2D eigenvalue weighted by Gasteiger charge is 2.11. The fourth-order valence-electron chi connectivity index (χ4n) is 1.62. The van der Waals surface area contributed by atoms with E-state index in [1.165, 1.54) is 10.6 Å². The Morgan fingerprint density at radius 3 is 3.00 bits per heavy atom. The number of rotatable bonds is 3. The lowest BCUT2D eigenvalue weighted by Crippen LogP contribution is -2.27. The summed E-state index contributed by atoms with van der Waals surface area (Å²) in [6.45, 7) is 1.05. The average Bonchev–Trinajstić information content (AvgIpc) is 2.31. The monoisotopic (exact) mass is 253 g/mol. The van der Waals surface area contributed by atoms with Crippen molar-refractivity contribution in [2.75, 3.05) is 13.6 Å². The van der Waals surface area contributed by atoms with E-state index in [-0.39, 0.29) is 22.1 Å². The summed E-state index contributed by atoms with van der Waals surface area (Å²) < 4.78 is 1.37. The fourth-order valence-corrected chi connectivity index (χ4v) is 1.87. The summed E-state index contributed by atoms with van der Waals surface area (Å²) in [6.07, 6.45) is 0. The van der Waals surface area contributed by atoms with Gasteiger partial charge >= 0.3 is 0 Å². The van der Waals surface area contributed by atoms with Crippen LogP contribution in [0.15, 0.2) is 23.0 Å². The number of aromatic nitrogens is 2. The van der Waals surface area contributed by atoms with Crippen molar-refractivity contribution in [3.05, 3.63) is 33.8 Å². The first kappa shape index (κ1) is 11.9. The van der Waals surface area contributed by atoms with Gasteiger partial charge in [0.15, 0.2) is 0 Å². The summed E-state index contributed by atoms with van der Waals surface area (Å²) in [6, 6.07) is 4.71. The lowest BCUT2D eigenvalue weighted by atomic mass is 10.2. The van der Waals surface area contributed by atoms with E-state index in [2.05, 4.69) is 10.3 Å². The standard InChI is InChI=1S/C11H12ClN3O2/c1-13-5-6-15-10(17)7-3-2-4-8(16)9(7)14-11(15)12/h2-4,13,16H,5-6H2,1H3. The summed E-state index contributed by atoms with van der Waals surface area (Å²) in [5.74, 6) is -0.0396. The molecule has 2 aromatic rings. The van der Waals surface area contributed by atoms with E-state index in [4.69, 9.17) is 11.6 Å². The number of hydrogen-bond acceptors (Lipinski definition) is 4. The summed E-state index contributed by atoms with van der Waals surface area (Å²) in [5, 5.41) is 13.0. The Balaban J connectivity index is 2.68. The molecule has 0 amide bonds. The van der Waals surface area contributed by atoms with Crippen LogP contribution in [0.4, 0.5) is 0 Å². The molecule has 5 nitrogen and oxygen atoms in total. The molecule has 1 aromatic heterocycles. The van der Waals surface area contributed by atoms with Crippen molar-refractivity contribution in [3.63, 3.8) is 0 Å². The third-order valence-electron chi connectivity index (χ3n) is 2.50. The van der Waals surface area contributed by atoms with Crippen LogP contribution in [-0.4, -0.2) is 28.3 Å². The molecule has 0 bridgehead atoms. The van der Waals surface area contributed by atoms with Crippen LogP contribution in [0.25, 0.3) is 10.9 Å². The molecule has 2 N–H and O–H groups in total. The quantitative estimate of drug-likeness (QED) is 0.800. The van der Waals surface area contributed by atoms with Gasteiger partial charge < -0.3 is 10.4 Å². The van der Waals surface area contributed by atoms with E-state index < -0.39 is 0 Å². The lowest BCUT2D eigenvalue weighted by Gasteiger charge is -2.09. The predicted molar refractivity (Wildman–Crippen MR) is 66.6 cm³/mol. The maximum atomic E-state index is 12.1. The van der Waals surface area contributed by atoms with Gasteiger partial charge in [-0.2, -0.15) is 0 Å². The van der Waals surface area contributed by atoms with Gasteiger partial charge in [-0.3, -0.25) is 9.36 Å². The zero-order valence-corrected chi connectivity index (χ0v) is 10.0. The number of nitrogens with zero attached hydrogens (tertiary/aromatic N) is 2. The van der Waals surface area contributed by atoms with Crippen LogP contribution in [0.3, 0.4) is 0 Å². The number of halogens is 1. The third kappa shape index (κ3) is 2.11. The molecule has 0 aliphatic heterocycles. The van der Waals surface area contributed by atoms with Crippen molar-refractivity contribution in [2.45, 2.75) is 6.54 Å². The number of aromatic hydroxyl groups is 1. The molecular formula is C11H12ClN3O2. The van der Waals surface area contributed by atoms with E-state index in [0.29, 0.717) is 18.5 Å². The number of benzene rings is 1. The number of likely N-dealkylation sites (N-methyl/N-ethyl adjacent to an activating group) is 1. The molecule has 0 saturated carbocycles. The topological polar surface area (TPSA) is 67.2 Å². The van der Waals surface area contributed by atoms with Gasteiger partial charge in [-0.1, -0.05) is 6.07 Å². The maximum absolute atomic E-state index is 12.1. The van der Waals surface area contributed by atoms with Crippen LogP contribution >= 0.6 is 11.6 Å². The van der Waals surface area contributed by atoms with Crippen LogP contribution < -0.4 is 10.9 Å².